The van der Waals surface area contributed by atoms with Gasteiger partial charge in [0, 0.05) is 78.1 Å². The van der Waals surface area contributed by atoms with Crippen molar-refractivity contribution in [3.63, 3.8) is 0 Å². The van der Waals surface area contributed by atoms with Gasteiger partial charge in [-0.05, 0) is 98.2 Å². The number of nitrogens with one attached hydrogen (secondary N) is 2. The SMILES string of the molecule is CC[C@@H]1c2cc3[nH]c(cc4nc(cc5[nH]c(cc(n2)[C@]1(C)CC(=O)N(C)C)cc5C)C(C)=C4CCC(=O)O)c(CCC(=O)O)c3C. The van der Waals surface area contributed by atoms with Crippen LogP contribution in [-0.2, 0) is 26.2 Å². The largest absolute Gasteiger partial charge is 0.481 e. The van der Waals surface area contributed by atoms with E-state index in [1.54, 1.807) is 19.0 Å². The van der Waals surface area contributed by atoms with Crippen LogP contribution in [0.1, 0.15) is 98.3 Å². The van der Waals surface area contributed by atoms with E-state index in [9.17, 15) is 24.6 Å². The normalized spacial score (nSPS) is 17.8. The van der Waals surface area contributed by atoms with Gasteiger partial charge in [0.15, 0.2) is 0 Å². The van der Waals surface area contributed by atoms with Gasteiger partial charge >= 0.3 is 11.9 Å². The van der Waals surface area contributed by atoms with Gasteiger partial charge in [-0.3, -0.25) is 19.4 Å². The zero-order chi connectivity index (χ0) is 33.5. The van der Waals surface area contributed by atoms with E-state index in [-0.39, 0.29) is 24.7 Å². The molecule has 5 rings (SSSR count). The van der Waals surface area contributed by atoms with Gasteiger partial charge in [-0.1, -0.05) is 13.8 Å². The van der Waals surface area contributed by atoms with Crippen LogP contribution in [0.2, 0.25) is 0 Å². The number of nitrogens with zero attached hydrogens (tertiary/aromatic N) is 3. The lowest BCUT2D eigenvalue weighted by molar-refractivity contribution is -0.137. The molecule has 5 heterocycles. The summed E-state index contributed by atoms with van der Waals surface area (Å²) in [6.45, 7) is 10.2. The Bertz CT molecular complexity index is 1930. The van der Waals surface area contributed by atoms with Crippen molar-refractivity contribution in [2.75, 3.05) is 14.1 Å². The number of aromatic nitrogens is 4. The molecular formula is C36H43N5O5. The third-order valence-corrected chi connectivity index (χ3v) is 9.62. The Labute approximate surface area is 268 Å². The molecule has 0 radical (unpaired) electrons. The van der Waals surface area contributed by atoms with E-state index in [1.807, 2.05) is 45.0 Å². The number of fused-ring (bicyclic) bond motifs is 8. The zero-order valence-corrected chi connectivity index (χ0v) is 27.7. The number of aromatic amines is 2. The molecule has 0 saturated carbocycles. The van der Waals surface area contributed by atoms with Gasteiger partial charge in [-0.15, -0.1) is 0 Å². The Hall–Kier alpha value is -4.73. The van der Waals surface area contributed by atoms with Crippen LogP contribution in [0.3, 0.4) is 0 Å². The third kappa shape index (κ3) is 6.21. The maximum absolute atomic E-state index is 13.2. The van der Waals surface area contributed by atoms with Crippen LogP contribution in [0.15, 0.2) is 30.3 Å². The molecule has 0 unspecified atom stereocenters. The number of hydrogen-bond donors (Lipinski definition) is 4. The molecule has 242 valence electrons. The van der Waals surface area contributed by atoms with Crippen LogP contribution < -0.4 is 0 Å². The Morgan fingerprint density at radius 2 is 1.54 bits per heavy atom. The second kappa shape index (κ2) is 12.6. The van der Waals surface area contributed by atoms with Crippen LogP contribution in [0.4, 0.5) is 0 Å². The first kappa shape index (κ1) is 32.7. The number of H-pyrrole nitrogens is 2. The van der Waals surface area contributed by atoms with Gasteiger partial charge < -0.3 is 25.1 Å². The lowest BCUT2D eigenvalue weighted by atomic mass is 9.71. The number of amides is 1. The van der Waals surface area contributed by atoms with Crippen molar-refractivity contribution in [3.05, 3.63) is 69.8 Å². The minimum absolute atomic E-state index is 0.0294. The molecule has 2 aliphatic rings. The fourth-order valence-electron chi connectivity index (χ4n) is 6.86. The molecular weight excluding hydrogens is 582 g/mol. The molecule has 2 aliphatic heterocycles. The van der Waals surface area contributed by atoms with Crippen LogP contribution in [0.25, 0.3) is 33.2 Å². The summed E-state index contributed by atoms with van der Waals surface area (Å²) in [4.78, 5) is 55.2. The first-order valence-electron chi connectivity index (χ1n) is 15.8. The highest BCUT2D eigenvalue weighted by Gasteiger charge is 2.44. The second-order valence-electron chi connectivity index (χ2n) is 13.0. The summed E-state index contributed by atoms with van der Waals surface area (Å²) in [6.07, 6.45) is 1.62. The van der Waals surface area contributed by atoms with E-state index in [0.717, 1.165) is 73.4 Å². The summed E-state index contributed by atoms with van der Waals surface area (Å²) in [5.41, 5.74) is 10.4. The number of hydrogen-bond acceptors (Lipinski definition) is 5. The fraction of sp³-hybridized carbons (Fsp3) is 0.417. The topological polar surface area (TPSA) is 152 Å². The summed E-state index contributed by atoms with van der Waals surface area (Å²) in [5.74, 6) is -1.78. The molecule has 0 aromatic carbocycles. The zero-order valence-electron chi connectivity index (χ0n) is 27.7. The van der Waals surface area contributed by atoms with Gasteiger partial charge in [0.2, 0.25) is 5.91 Å². The molecule has 4 N–H and O–H groups in total. The lowest BCUT2D eigenvalue weighted by Gasteiger charge is -2.31. The molecule has 2 atom stereocenters. The molecule has 3 aromatic rings. The molecule has 10 heteroatoms. The Morgan fingerprint density at radius 1 is 0.870 bits per heavy atom. The van der Waals surface area contributed by atoms with Gasteiger partial charge in [0.25, 0.3) is 0 Å². The molecule has 10 nitrogen and oxygen atoms in total. The van der Waals surface area contributed by atoms with Crippen molar-refractivity contribution in [1.29, 1.82) is 0 Å². The van der Waals surface area contributed by atoms with Gasteiger partial charge in [-0.25, -0.2) is 4.98 Å². The molecule has 0 fully saturated rings. The monoisotopic (exact) mass is 625 g/mol. The molecule has 1 amide bonds. The van der Waals surface area contributed by atoms with E-state index in [4.69, 9.17) is 9.97 Å². The number of carbonyl (C=O) groups excluding carboxylic acids is 1. The summed E-state index contributed by atoms with van der Waals surface area (Å²) in [6, 6.07) is 10.0. The molecule has 0 saturated heterocycles. The highest BCUT2D eigenvalue weighted by atomic mass is 16.4. The number of carbonyl (C=O) groups is 3. The number of aryl methyl sites for hydroxylation is 3. The van der Waals surface area contributed by atoms with Crippen LogP contribution in [-0.4, -0.2) is 67.0 Å². The van der Waals surface area contributed by atoms with Crippen LogP contribution >= 0.6 is 0 Å². The van der Waals surface area contributed by atoms with Crippen molar-refractivity contribution in [1.82, 2.24) is 24.8 Å². The molecule has 3 aromatic heterocycles. The summed E-state index contributed by atoms with van der Waals surface area (Å²) < 4.78 is 0. The highest BCUT2D eigenvalue weighted by molar-refractivity contribution is 5.93. The van der Waals surface area contributed by atoms with E-state index in [1.165, 1.54) is 0 Å². The van der Waals surface area contributed by atoms with Crippen molar-refractivity contribution < 1.29 is 24.6 Å². The van der Waals surface area contributed by atoms with E-state index >= 15 is 0 Å². The first-order valence-corrected chi connectivity index (χ1v) is 15.8. The second-order valence-corrected chi connectivity index (χ2v) is 13.0. The molecule has 46 heavy (non-hydrogen) atoms. The Kier molecular flexibility index (Phi) is 8.93. The maximum Gasteiger partial charge on any atom is 0.303 e. The fourth-order valence-corrected chi connectivity index (χ4v) is 6.86. The van der Waals surface area contributed by atoms with Gasteiger partial charge in [0.05, 0.1) is 11.4 Å². The van der Waals surface area contributed by atoms with Crippen molar-refractivity contribution >= 4 is 51.1 Å². The Balaban J connectivity index is 1.89. The molecule has 0 aliphatic carbocycles. The average Bonchev–Trinajstić information content (AvgIpc) is 3.64. The predicted molar refractivity (Wildman–Crippen MR) is 179 cm³/mol. The average molecular weight is 626 g/mol. The predicted octanol–water partition coefficient (Wildman–Crippen LogP) is 6.67. The highest BCUT2D eigenvalue weighted by Crippen LogP contribution is 2.47. The number of carboxylic acid groups (broad SMARTS) is 2. The summed E-state index contributed by atoms with van der Waals surface area (Å²) in [5, 5.41) is 19.0. The number of carboxylic acids is 2. The molecule has 8 bridgehead atoms. The van der Waals surface area contributed by atoms with Gasteiger partial charge in [0.1, 0.15) is 0 Å². The van der Waals surface area contributed by atoms with Gasteiger partial charge in [-0.2, -0.15) is 0 Å². The van der Waals surface area contributed by atoms with E-state index in [2.05, 4.69) is 29.9 Å². The minimum atomic E-state index is -0.889. The van der Waals surface area contributed by atoms with Crippen molar-refractivity contribution in [2.45, 2.75) is 84.5 Å². The van der Waals surface area contributed by atoms with Crippen molar-refractivity contribution in [2.24, 2.45) is 0 Å². The van der Waals surface area contributed by atoms with E-state index in [0.29, 0.717) is 25.0 Å². The number of aliphatic carboxylic acids is 2. The maximum atomic E-state index is 13.2. The smallest absolute Gasteiger partial charge is 0.303 e. The standard InChI is InChI=1S/C36H43N5O5/c1-8-25-31-16-28-21(4)24(10-12-35(45)46)30(39-28)17-29-23(9-11-34(43)44)20(3)27(38-29)15-26-19(2)13-22(37-26)14-32(40-31)36(25,5)18-33(42)41(6)7/h13-17,25,37,39H,8-12,18H2,1-7H3,(H,43,44)(H,45,46)/t25-,36-/m1/s1. The summed E-state index contributed by atoms with van der Waals surface area (Å²) >= 11 is 0. The quantitative estimate of drug-likeness (QED) is 0.207. The van der Waals surface area contributed by atoms with Crippen molar-refractivity contribution in [3.8, 4) is 0 Å². The molecule has 0 spiro atoms. The minimum Gasteiger partial charge on any atom is -0.481 e. The van der Waals surface area contributed by atoms with Crippen LogP contribution in [0.5, 0.6) is 0 Å². The van der Waals surface area contributed by atoms with E-state index < -0.39 is 17.4 Å². The lowest BCUT2D eigenvalue weighted by Crippen LogP contribution is -2.34. The Morgan fingerprint density at radius 3 is 2.20 bits per heavy atom. The number of allylic oxidation sites excluding steroid dienone is 2. The number of rotatable bonds is 9. The van der Waals surface area contributed by atoms with Crippen LogP contribution in [0, 0.1) is 13.8 Å². The third-order valence-electron chi connectivity index (χ3n) is 9.62. The summed E-state index contributed by atoms with van der Waals surface area (Å²) in [7, 11) is 3.54. The first-order chi connectivity index (χ1) is 21.7.